The summed E-state index contributed by atoms with van der Waals surface area (Å²) in [5.74, 6) is -1.75. The minimum atomic E-state index is -4.02. The van der Waals surface area contributed by atoms with E-state index in [1.54, 1.807) is 0 Å². The molecule has 1 amide bonds. The average Bonchev–Trinajstić information content (AvgIpc) is 2.80. The number of carbonyl (C=O) groups excluding carboxylic acids is 2. The van der Waals surface area contributed by atoms with Gasteiger partial charge in [-0.3, -0.25) is 9.52 Å². The first-order chi connectivity index (χ1) is 15.3. The molecule has 0 heterocycles. The van der Waals surface area contributed by atoms with Crippen molar-refractivity contribution in [2.45, 2.75) is 17.4 Å². The lowest BCUT2D eigenvalue weighted by Crippen LogP contribution is -2.43. The highest BCUT2D eigenvalue weighted by molar-refractivity contribution is 7.92. The molecular formula is C23H21FN2O5S. The van der Waals surface area contributed by atoms with Gasteiger partial charge in [0, 0.05) is 17.7 Å². The quantitative estimate of drug-likeness (QED) is 0.507. The molecule has 0 spiro atoms. The Balaban J connectivity index is 1.78. The minimum absolute atomic E-state index is 0.0499. The van der Waals surface area contributed by atoms with Gasteiger partial charge in [0.15, 0.2) is 0 Å². The van der Waals surface area contributed by atoms with Gasteiger partial charge in [0.05, 0.1) is 12.0 Å². The van der Waals surface area contributed by atoms with Crippen LogP contribution in [0.5, 0.6) is 0 Å². The van der Waals surface area contributed by atoms with Gasteiger partial charge in [-0.2, -0.15) is 0 Å². The molecule has 9 heteroatoms. The Hall–Kier alpha value is -3.72. The molecule has 0 radical (unpaired) electrons. The van der Waals surface area contributed by atoms with E-state index in [9.17, 15) is 22.4 Å². The molecule has 0 unspecified atom stereocenters. The number of halogens is 1. The van der Waals surface area contributed by atoms with Crippen molar-refractivity contribution in [3.63, 3.8) is 0 Å². The third-order valence-corrected chi connectivity index (χ3v) is 5.96. The van der Waals surface area contributed by atoms with Crippen molar-refractivity contribution >= 4 is 27.6 Å². The lowest BCUT2D eigenvalue weighted by molar-refractivity contribution is -0.142. The van der Waals surface area contributed by atoms with E-state index in [4.69, 9.17) is 4.74 Å². The number of benzene rings is 3. The van der Waals surface area contributed by atoms with Crippen molar-refractivity contribution in [3.8, 4) is 0 Å². The fourth-order valence-corrected chi connectivity index (χ4v) is 4.07. The monoisotopic (exact) mass is 456 g/mol. The number of carbonyl (C=O) groups is 2. The summed E-state index contributed by atoms with van der Waals surface area (Å²) >= 11 is 0. The van der Waals surface area contributed by atoms with Gasteiger partial charge in [0.2, 0.25) is 0 Å². The van der Waals surface area contributed by atoms with Crippen LogP contribution < -0.4 is 10.0 Å². The highest BCUT2D eigenvalue weighted by Crippen LogP contribution is 2.18. The Bertz CT molecular complexity index is 1200. The van der Waals surface area contributed by atoms with Gasteiger partial charge < -0.3 is 10.1 Å². The van der Waals surface area contributed by atoms with Crippen molar-refractivity contribution in [2.24, 2.45) is 0 Å². The number of nitrogens with one attached hydrogen (secondary N) is 2. The lowest BCUT2D eigenvalue weighted by Gasteiger charge is -2.17. The molecule has 0 aliphatic carbocycles. The number of amides is 1. The Morgan fingerprint density at radius 1 is 0.969 bits per heavy atom. The summed E-state index contributed by atoms with van der Waals surface area (Å²) in [6.07, 6.45) is 0.212. The maximum absolute atomic E-state index is 13.1. The first kappa shape index (κ1) is 23.0. The predicted molar refractivity (Wildman–Crippen MR) is 117 cm³/mol. The van der Waals surface area contributed by atoms with Crippen LogP contribution in [0.2, 0.25) is 0 Å². The molecule has 0 aliphatic heterocycles. The molecule has 1 atom stereocenters. The summed E-state index contributed by atoms with van der Waals surface area (Å²) in [5.41, 5.74) is 1.05. The molecule has 0 saturated carbocycles. The molecule has 0 bridgehead atoms. The van der Waals surface area contributed by atoms with Crippen LogP contribution in [-0.2, 0) is 26.0 Å². The fraction of sp³-hybridized carbons (Fsp3) is 0.130. The van der Waals surface area contributed by atoms with Gasteiger partial charge in [-0.05, 0) is 48.0 Å². The van der Waals surface area contributed by atoms with Crippen LogP contribution in [0.3, 0.4) is 0 Å². The molecular weight excluding hydrogens is 435 g/mol. The maximum atomic E-state index is 13.1. The van der Waals surface area contributed by atoms with Gasteiger partial charge in [-0.25, -0.2) is 17.6 Å². The number of hydrogen-bond donors (Lipinski definition) is 2. The first-order valence-electron chi connectivity index (χ1n) is 9.59. The number of anilines is 1. The largest absolute Gasteiger partial charge is 0.467 e. The number of rotatable bonds is 8. The van der Waals surface area contributed by atoms with Crippen LogP contribution in [0.1, 0.15) is 15.9 Å². The Morgan fingerprint density at radius 2 is 1.66 bits per heavy atom. The van der Waals surface area contributed by atoms with E-state index in [2.05, 4.69) is 10.0 Å². The summed E-state index contributed by atoms with van der Waals surface area (Å²) < 4.78 is 45.5. The van der Waals surface area contributed by atoms with Crippen LogP contribution >= 0.6 is 0 Å². The molecule has 2 N–H and O–H groups in total. The highest BCUT2D eigenvalue weighted by atomic mass is 32.2. The van der Waals surface area contributed by atoms with E-state index in [0.717, 1.165) is 17.7 Å². The predicted octanol–water partition coefficient (Wildman–Crippen LogP) is 3.14. The molecule has 0 aliphatic rings. The molecule has 3 aromatic rings. The zero-order valence-electron chi connectivity index (χ0n) is 17.1. The van der Waals surface area contributed by atoms with Gasteiger partial charge in [-0.1, -0.05) is 36.4 Å². The van der Waals surface area contributed by atoms with Gasteiger partial charge in [0.25, 0.3) is 15.9 Å². The summed E-state index contributed by atoms with van der Waals surface area (Å²) in [6, 6.07) is 18.3. The number of methoxy groups -OCH3 is 1. The zero-order valence-corrected chi connectivity index (χ0v) is 17.9. The second-order valence-corrected chi connectivity index (χ2v) is 8.56. The molecule has 166 valence electrons. The summed E-state index contributed by atoms with van der Waals surface area (Å²) in [7, 11) is -2.80. The summed E-state index contributed by atoms with van der Waals surface area (Å²) in [4.78, 5) is 24.8. The summed E-state index contributed by atoms with van der Waals surface area (Å²) in [6.45, 7) is 0. The van der Waals surface area contributed by atoms with Gasteiger partial charge in [0.1, 0.15) is 11.9 Å². The first-order valence-corrected chi connectivity index (χ1v) is 11.1. The topological polar surface area (TPSA) is 102 Å². The number of esters is 1. The van der Waals surface area contributed by atoms with Crippen molar-refractivity contribution in [1.29, 1.82) is 0 Å². The van der Waals surface area contributed by atoms with Gasteiger partial charge >= 0.3 is 5.97 Å². The SMILES string of the molecule is COC(=O)[C@H](Cc1ccccc1)NC(=O)c1cccc(S(=O)(=O)Nc2ccc(F)cc2)c1. The van der Waals surface area contributed by atoms with E-state index in [0.29, 0.717) is 0 Å². The molecule has 3 aromatic carbocycles. The number of ether oxygens (including phenoxy) is 1. The van der Waals surface area contributed by atoms with Crippen LogP contribution in [0, 0.1) is 5.82 Å². The number of sulfonamides is 1. The molecule has 3 rings (SSSR count). The van der Waals surface area contributed by atoms with Crippen LogP contribution in [-0.4, -0.2) is 33.4 Å². The molecule has 0 aromatic heterocycles. The normalized spacial score (nSPS) is 11.9. The van der Waals surface area contributed by atoms with Crippen LogP contribution in [0.25, 0.3) is 0 Å². The Kier molecular flexibility index (Phi) is 7.21. The van der Waals surface area contributed by atoms with Crippen LogP contribution in [0.4, 0.5) is 10.1 Å². The minimum Gasteiger partial charge on any atom is -0.467 e. The standard InChI is InChI=1S/C23H21FN2O5S/c1-31-23(28)21(14-16-6-3-2-4-7-16)25-22(27)17-8-5-9-20(15-17)32(29,30)26-19-12-10-18(24)11-13-19/h2-13,15,21,26H,14H2,1H3,(H,25,27)/t21-/m0/s1. The van der Waals surface area contributed by atoms with E-state index in [-0.39, 0.29) is 22.6 Å². The zero-order chi connectivity index (χ0) is 23.1. The van der Waals surface area contributed by atoms with Crippen molar-refractivity contribution < 1.29 is 27.1 Å². The fourth-order valence-electron chi connectivity index (χ4n) is 2.96. The average molecular weight is 456 g/mol. The second kappa shape index (κ2) is 10.1. The van der Waals surface area contributed by atoms with E-state index in [1.165, 1.54) is 43.5 Å². The third-order valence-electron chi connectivity index (χ3n) is 4.58. The van der Waals surface area contributed by atoms with Crippen LogP contribution in [0.15, 0.2) is 83.8 Å². The number of hydrogen-bond acceptors (Lipinski definition) is 5. The van der Waals surface area contributed by atoms with E-state index in [1.807, 2.05) is 30.3 Å². The molecule has 7 nitrogen and oxygen atoms in total. The van der Waals surface area contributed by atoms with E-state index < -0.39 is 33.8 Å². The lowest BCUT2D eigenvalue weighted by atomic mass is 10.1. The Morgan fingerprint density at radius 3 is 2.31 bits per heavy atom. The molecule has 0 saturated heterocycles. The smallest absolute Gasteiger partial charge is 0.328 e. The highest BCUT2D eigenvalue weighted by Gasteiger charge is 2.23. The second-order valence-electron chi connectivity index (χ2n) is 6.88. The van der Waals surface area contributed by atoms with E-state index >= 15 is 0 Å². The molecule has 0 fully saturated rings. The van der Waals surface area contributed by atoms with Crippen molar-refractivity contribution in [3.05, 3.63) is 95.8 Å². The third kappa shape index (κ3) is 5.92. The summed E-state index contributed by atoms with van der Waals surface area (Å²) in [5, 5.41) is 2.60. The van der Waals surface area contributed by atoms with Crippen molar-refractivity contribution in [2.75, 3.05) is 11.8 Å². The Labute approximate surface area is 185 Å². The molecule has 32 heavy (non-hydrogen) atoms. The van der Waals surface area contributed by atoms with Gasteiger partial charge in [-0.15, -0.1) is 0 Å². The maximum Gasteiger partial charge on any atom is 0.328 e. The van der Waals surface area contributed by atoms with Crippen molar-refractivity contribution in [1.82, 2.24) is 5.32 Å².